The van der Waals surface area contributed by atoms with Crippen molar-refractivity contribution in [2.24, 2.45) is 0 Å². The Bertz CT molecular complexity index is 868. The summed E-state index contributed by atoms with van der Waals surface area (Å²) in [6.07, 6.45) is 3.36. The summed E-state index contributed by atoms with van der Waals surface area (Å²) in [7, 11) is 3.37. The van der Waals surface area contributed by atoms with E-state index in [1.54, 1.807) is 24.6 Å². The zero-order valence-corrected chi connectivity index (χ0v) is 16.4. The van der Waals surface area contributed by atoms with Gasteiger partial charge >= 0.3 is 0 Å². The van der Waals surface area contributed by atoms with Gasteiger partial charge in [-0.05, 0) is 18.4 Å². The lowest BCUT2D eigenvalue weighted by Crippen LogP contribution is -2.40. The van der Waals surface area contributed by atoms with Gasteiger partial charge in [0.25, 0.3) is 10.2 Å². The summed E-state index contributed by atoms with van der Waals surface area (Å²) in [5.74, 6) is 0.578. The average molecular weight is 375 g/mol. The molecule has 2 heterocycles. The number of aromatic nitrogens is 2. The van der Waals surface area contributed by atoms with Gasteiger partial charge in [-0.3, -0.25) is 0 Å². The third kappa shape index (κ3) is 3.44. The van der Waals surface area contributed by atoms with Gasteiger partial charge in [-0.25, -0.2) is 9.97 Å². The molecule has 0 spiro atoms. The minimum Gasteiger partial charge on any atom is -0.347 e. The molecule has 0 N–H and O–H groups in total. The molecule has 0 amide bonds. The highest BCUT2D eigenvalue weighted by molar-refractivity contribution is 7.86. The molecule has 2 aromatic rings. The van der Waals surface area contributed by atoms with Crippen molar-refractivity contribution in [3.63, 3.8) is 0 Å². The van der Waals surface area contributed by atoms with Gasteiger partial charge in [-0.1, -0.05) is 30.3 Å². The first-order chi connectivity index (χ1) is 12.3. The van der Waals surface area contributed by atoms with Crippen LogP contribution in [-0.4, -0.2) is 61.7 Å². The molecule has 0 saturated carbocycles. The van der Waals surface area contributed by atoms with Crippen molar-refractivity contribution in [1.82, 2.24) is 18.6 Å². The molecule has 0 radical (unpaired) electrons. The molecule has 0 bridgehead atoms. The van der Waals surface area contributed by atoms with Crippen LogP contribution in [0.1, 0.15) is 24.6 Å². The van der Waals surface area contributed by atoms with Crippen molar-refractivity contribution >= 4 is 16.2 Å². The van der Waals surface area contributed by atoms with Crippen LogP contribution in [0.2, 0.25) is 0 Å². The van der Waals surface area contributed by atoms with E-state index in [-0.39, 0.29) is 6.04 Å². The number of hydrogen-bond donors (Lipinski definition) is 0. The molecule has 0 aliphatic carbocycles. The van der Waals surface area contributed by atoms with Crippen LogP contribution in [0.15, 0.2) is 36.5 Å². The number of nitrogens with zero attached hydrogens (tertiary/aromatic N) is 5. The van der Waals surface area contributed by atoms with E-state index in [0.29, 0.717) is 12.5 Å². The molecule has 1 aliphatic rings. The van der Waals surface area contributed by atoms with Crippen molar-refractivity contribution in [2.75, 3.05) is 39.6 Å². The largest absolute Gasteiger partial charge is 0.347 e. The second-order valence-corrected chi connectivity index (χ2v) is 8.88. The average Bonchev–Trinajstić information content (AvgIpc) is 3.12. The van der Waals surface area contributed by atoms with E-state index >= 15 is 0 Å². The lowest BCUT2D eigenvalue weighted by atomic mass is 10.0. The Hall–Kier alpha value is -2.03. The molecule has 7 nitrogen and oxygen atoms in total. The zero-order valence-electron chi connectivity index (χ0n) is 15.6. The summed E-state index contributed by atoms with van der Waals surface area (Å²) in [6, 6.07) is 9.58. The Labute approximate surface area is 155 Å². The lowest BCUT2D eigenvalue weighted by molar-refractivity contribution is 0.358. The van der Waals surface area contributed by atoms with Crippen LogP contribution in [0.25, 0.3) is 11.1 Å². The van der Waals surface area contributed by atoms with Crippen molar-refractivity contribution in [2.45, 2.75) is 18.9 Å². The van der Waals surface area contributed by atoms with E-state index in [4.69, 9.17) is 4.98 Å². The molecule has 1 aromatic carbocycles. The van der Waals surface area contributed by atoms with Gasteiger partial charge in [-0.15, -0.1) is 0 Å². The first-order valence-corrected chi connectivity index (χ1v) is 10.0. The molecule has 0 unspecified atom stereocenters. The summed E-state index contributed by atoms with van der Waals surface area (Å²) in [5, 5.41) is 0. The molecule has 1 aromatic heterocycles. The monoisotopic (exact) mass is 375 g/mol. The lowest BCUT2D eigenvalue weighted by Gasteiger charge is -2.28. The van der Waals surface area contributed by atoms with E-state index < -0.39 is 10.2 Å². The van der Waals surface area contributed by atoms with Crippen molar-refractivity contribution in [3.05, 3.63) is 42.2 Å². The second kappa shape index (κ2) is 7.30. The van der Waals surface area contributed by atoms with Gasteiger partial charge in [0.1, 0.15) is 0 Å². The Morgan fingerprint density at radius 2 is 1.81 bits per heavy atom. The van der Waals surface area contributed by atoms with Gasteiger partial charge in [0.2, 0.25) is 5.95 Å². The van der Waals surface area contributed by atoms with Crippen LogP contribution >= 0.6 is 0 Å². The first-order valence-electron chi connectivity index (χ1n) is 8.61. The molecule has 26 heavy (non-hydrogen) atoms. The molecular weight excluding hydrogens is 350 g/mol. The Morgan fingerprint density at radius 3 is 2.42 bits per heavy atom. The Kier molecular flexibility index (Phi) is 5.27. The van der Waals surface area contributed by atoms with E-state index in [1.807, 2.05) is 49.3 Å². The third-order valence-electron chi connectivity index (χ3n) is 4.57. The van der Waals surface area contributed by atoms with Crippen LogP contribution in [0.3, 0.4) is 0 Å². The number of benzene rings is 1. The van der Waals surface area contributed by atoms with Crippen LogP contribution < -0.4 is 4.90 Å². The third-order valence-corrected chi connectivity index (χ3v) is 6.52. The SMILES string of the molecule is CN(C)c1ncc(-c2ccccc2)c([C@@H]2CCCN2S(=O)(=O)N(C)C)n1. The predicted octanol–water partition coefficient (Wildman–Crippen LogP) is 2.15. The molecule has 140 valence electrons. The topological polar surface area (TPSA) is 69.6 Å². The fourth-order valence-electron chi connectivity index (χ4n) is 3.19. The fourth-order valence-corrected chi connectivity index (χ4v) is 4.50. The minimum atomic E-state index is -3.51. The molecule has 1 saturated heterocycles. The summed E-state index contributed by atoms with van der Waals surface area (Å²) in [4.78, 5) is 11.0. The highest BCUT2D eigenvalue weighted by Gasteiger charge is 2.38. The highest BCUT2D eigenvalue weighted by Crippen LogP contribution is 2.38. The molecule has 3 rings (SSSR count). The van der Waals surface area contributed by atoms with Gasteiger partial charge in [0.15, 0.2) is 0 Å². The smallest absolute Gasteiger partial charge is 0.282 e. The summed E-state index contributed by atoms with van der Waals surface area (Å²) >= 11 is 0. The van der Waals surface area contributed by atoms with Crippen LogP contribution in [0, 0.1) is 0 Å². The highest BCUT2D eigenvalue weighted by atomic mass is 32.2. The maximum atomic E-state index is 12.8. The van der Waals surface area contributed by atoms with Crippen LogP contribution in [-0.2, 0) is 10.2 Å². The molecule has 1 atom stereocenters. The minimum absolute atomic E-state index is 0.292. The van der Waals surface area contributed by atoms with Gasteiger partial charge in [0, 0.05) is 46.5 Å². The van der Waals surface area contributed by atoms with Crippen LogP contribution in [0.5, 0.6) is 0 Å². The zero-order chi connectivity index (χ0) is 18.9. The molecular formula is C18H25N5O2S. The predicted molar refractivity (Wildman–Crippen MR) is 103 cm³/mol. The normalized spacial score (nSPS) is 18.4. The Morgan fingerprint density at radius 1 is 1.12 bits per heavy atom. The molecule has 1 fully saturated rings. The van der Waals surface area contributed by atoms with Gasteiger partial charge < -0.3 is 4.90 Å². The standard InChI is InChI=1S/C18H25N5O2S/c1-21(2)18-19-13-15(14-9-6-5-7-10-14)17(20-18)16-11-8-12-23(16)26(24,25)22(3)4/h5-7,9-10,13,16H,8,11-12H2,1-4H3/t16-/m0/s1. The fraction of sp³-hybridized carbons (Fsp3) is 0.444. The van der Waals surface area contributed by atoms with Crippen molar-refractivity contribution in [3.8, 4) is 11.1 Å². The van der Waals surface area contributed by atoms with E-state index in [1.165, 1.54) is 4.31 Å². The number of hydrogen-bond acceptors (Lipinski definition) is 5. The van der Waals surface area contributed by atoms with Crippen molar-refractivity contribution in [1.29, 1.82) is 0 Å². The van der Waals surface area contributed by atoms with Gasteiger partial charge in [0.05, 0.1) is 11.7 Å². The van der Waals surface area contributed by atoms with E-state index in [2.05, 4.69) is 4.98 Å². The first kappa shape index (κ1) is 18.8. The number of anilines is 1. The van der Waals surface area contributed by atoms with E-state index in [0.717, 1.165) is 29.7 Å². The number of rotatable bonds is 5. The maximum absolute atomic E-state index is 12.8. The van der Waals surface area contributed by atoms with Crippen molar-refractivity contribution < 1.29 is 8.42 Å². The van der Waals surface area contributed by atoms with Crippen LogP contribution in [0.4, 0.5) is 5.95 Å². The second-order valence-electron chi connectivity index (χ2n) is 6.79. The molecule has 8 heteroatoms. The van der Waals surface area contributed by atoms with E-state index in [9.17, 15) is 8.42 Å². The quantitative estimate of drug-likeness (QED) is 0.801. The summed E-state index contributed by atoms with van der Waals surface area (Å²) in [6.45, 7) is 0.501. The van der Waals surface area contributed by atoms with Gasteiger partial charge in [-0.2, -0.15) is 17.0 Å². The summed E-state index contributed by atoms with van der Waals surface area (Å²) < 4.78 is 28.4. The maximum Gasteiger partial charge on any atom is 0.282 e. The molecule has 1 aliphatic heterocycles. The summed E-state index contributed by atoms with van der Waals surface area (Å²) in [5.41, 5.74) is 2.63. The Balaban J connectivity index is 2.14.